The predicted octanol–water partition coefficient (Wildman–Crippen LogP) is 4.10. The van der Waals surface area contributed by atoms with E-state index in [2.05, 4.69) is 5.32 Å². The van der Waals surface area contributed by atoms with Crippen LogP contribution in [-0.4, -0.2) is 43.2 Å². The van der Waals surface area contributed by atoms with Crippen molar-refractivity contribution in [2.75, 3.05) is 6.54 Å². The third-order valence-corrected chi connectivity index (χ3v) is 11.3. The first-order valence-electron chi connectivity index (χ1n) is 13.2. The van der Waals surface area contributed by atoms with Crippen LogP contribution in [0.2, 0.25) is 5.02 Å². The first kappa shape index (κ1) is 25.8. The highest BCUT2D eigenvalue weighted by atomic mass is 35.5. The molecule has 5 aliphatic carbocycles. The summed E-state index contributed by atoms with van der Waals surface area (Å²) in [5.74, 6) is -0.0533. The molecule has 0 aromatic heterocycles. The van der Waals surface area contributed by atoms with Crippen molar-refractivity contribution >= 4 is 33.4 Å². The largest absolute Gasteiger partial charge is 0.369 e. The Morgan fingerprint density at radius 1 is 1.05 bits per heavy atom. The van der Waals surface area contributed by atoms with Crippen LogP contribution in [-0.2, 0) is 19.6 Å². The summed E-state index contributed by atoms with van der Waals surface area (Å²) >= 11 is 6.46. The molecule has 0 saturated heterocycles. The zero-order valence-electron chi connectivity index (χ0n) is 20.9. The predicted molar refractivity (Wildman–Crippen MR) is 141 cm³/mol. The van der Waals surface area contributed by atoms with Crippen molar-refractivity contribution in [3.63, 3.8) is 0 Å². The van der Waals surface area contributed by atoms with Crippen LogP contribution < -0.4 is 11.1 Å². The molecule has 4 bridgehead atoms. The highest BCUT2D eigenvalue weighted by Crippen LogP contribution is 2.59. The highest BCUT2D eigenvalue weighted by molar-refractivity contribution is 7.89. The lowest BCUT2D eigenvalue weighted by Crippen LogP contribution is -2.62. The second kappa shape index (κ2) is 9.31. The monoisotopic (exact) mass is 559 g/mol. The van der Waals surface area contributed by atoms with E-state index in [1.807, 2.05) is 0 Å². The molecule has 3 N–H and O–H groups in total. The molecule has 38 heavy (non-hydrogen) atoms. The van der Waals surface area contributed by atoms with Crippen molar-refractivity contribution in [1.82, 2.24) is 9.62 Å². The van der Waals surface area contributed by atoms with Crippen LogP contribution in [0.1, 0.15) is 44.9 Å². The van der Waals surface area contributed by atoms with Crippen molar-refractivity contribution in [3.8, 4) is 11.1 Å². The topological polar surface area (TPSA) is 110 Å². The van der Waals surface area contributed by atoms with Crippen LogP contribution in [0.4, 0.5) is 4.39 Å². The van der Waals surface area contributed by atoms with Gasteiger partial charge in [-0.15, -0.1) is 0 Å². The molecule has 5 fully saturated rings. The molecule has 0 radical (unpaired) electrons. The van der Waals surface area contributed by atoms with Crippen LogP contribution in [0.15, 0.2) is 47.4 Å². The van der Waals surface area contributed by atoms with Gasteiger partial charge in [0, 0.05) is 28.1 Å². The van der Waals surface area contributed by atoms with Gasteiger partial charge in [-0.3, -0.25) is 9.59 Å². The van der Waals surface area contributed by atoms with Crippen molar-refractivity contribution in [2.45, 2.75) is 61.9 Å². The van der Waals surface area contributed by atoms with Crippen LogP contribution in [0.3, 0.4) is 0 Å². The number of primary amides is 1. The molecule has 7 rings (SSSR count). The fourth-order valence-electron chi connectivity index (χ4n) is 7.36. The molecule has 2 aromatic carbocycles. The molecule has 2 amide bonds. The normalized spacial score (nSPS) is 30.0. The van der Waals surface area contributed by atoms with Gasteiger partial charge in [0.05, 0.1) is 11.4 Å². The number of rotatable bonds is 8. The molecule has 2 aromatic rings. The number of hydrogen-bond acceptors (Lipinski definition) is 4. The Bertz CT molecular complexity index is 1380. The fraction of sp³-hybridized carbons (Fsp3) is 0.500. The number of nitrogens with two attached hydrogens (primary N) is 1. The molecule has 2 atom stereocenters. The lowest BCUT2D eigenvalue weighted by atomic mass is 9.47. The molecule has 0 aliphatic heterocycles. The smallest absolute Gasteiger partial charge is 0.243 e. The first-order chi connectivity index (χ1) is 18.1. The second-order valence-electron chi connectivity index (χ2n) is 11.6. The van der Waals surface area contributed by atoms with Crippen molar-refractivity contribution in [1.29, 1.82) is 0 Å². The third-order valence-electron chi connectivity index (χ3n) is 9.08. The Labute approximate surface area is 227 Å². The SMILES string of the molecule is NC(=O)C12CC3CC(C1)C(NC(=O)CN(C1CC1)S(=O)(=O)c1ccc(-c4ccc(F)cc4)c(Cl)c1)C(C3)C2. The molecular weight excluding hydrogens is 529 g/mol. The van der Waals surface area contributed by atoms with Crippen molar-refractivity contribution in [2.24, 2.45) is 28.9 Å². The zero-order chi connectivity index (χ0) is 26.8. The number of sulfonamides is 1. The Kier molecular flexibility index (Phi) is 6.31. The number of carbonyl (C=O) groups is 2. The van der Waals surface area contributed by atoms with Gasteiger partial charge < -0.3 is 11.1 Å². The van der Waals surface area contributed by atoms with E-state index in [1.165, 1.54) is 28.6 Å². The van der Waals surface area contributed by atoms with Gasteiger partial charge in [0.25, 0.3) is 0 Å². The quantitative estimate of drug-likeness (QED) is 0.507. The number of halogens is 2. The Morgan fingerprint density at radius 2 is 1.71 bits per heavy atom. The Morgan fingerprint density at radius 3 is 2.29 bits per heavy atom. The van der Waals surface area contributed by atoms with Crippen molar-refractivity contribution in [3.05, 3.63) is 53.3 Å². The maximum atomic E-state index is 13.6. The summed E-state index contributed by atoms with van der Waals surface area (Å²) in [6.07, 6.45) is 5.59. The average molecular weight is 560 g/mol. The molecule has 2 unspecified atom stereocenters. The minimum Gasteiger partial charge on any atom is -0.369 e. The van der Waals surface area contributed by atoms with E-state index in [0.717, 1.165) is 19.3 Å². The molecule has 202 valence electrons. The average Bonchev–Trinajstić information content (AvgIpc) is 3.70. The van der Waals surface area contributed by atoms with E-state index >= 15 is 0 Å². The molecular formula is C28H31ClFN3O4S. The lowest BCUT2D eigenvalue weighted by Gasteiger charge is -2.58. The Balaban J connectivity index is 1.18. The molecule has 10 heteroatoms. The van der Waals surface area contributed by atoms with Gasteiger partial charge in [0.2, 0.25) is 21.8 Å². The molecule has 5 aliphatic rings. The number of amides is 2. The van der Waals surface area contributed by atoms with E-state index in [-0.39, 0.29) is 58.0 Å². The summed E-state index contributed by atoms with van der Waals surface area (Å²) in [5, 5.41) is 3.38. The van der Waals surface area contributed by atoms with E-state index in [0.29, 0.717) is 42.7 Å². The summed E-state index contributed by atoms with van der Waals surface area (Å²) in [6, 6.07) is 10.0. The van der Waals surface area contributed by atoms with Gasteiger partial charge in [0.15, 0.2) is 0 Å². The maximum absolute atomic E-state index is 13.6. The summed E-state index contributed by atoms with van der Waals surface area (Å²) in [5.41, 5.74) is 6.61. The summed E-state index contributed by atoms with van der Waals surface area (Å²) in [4.78, 5) is 25.5. The van der Waals surface area contributed by atoms with Gasteiger partial charge in [0.1, 0.15) is 5.82 Å². The fourth-order valence-corrected chi connectivity index (χ4v) is 9.39. The number of carbonyl (C=O) groups excluding carboxylic acids is 2. The summed E-state index contributed by atoms with van der Waals surface area (Å²) < 4.78 is 41.9. The minimum atomic E-state index is -3.98. The Hall–Kier alpha value is -2.49. The number of hydrogen-bond donors (Lipinski definition) is 2. The van der Waals surface area contributed by atoms with E-state index in [4.69, 9.17) is 17.3 Å². The van der Waals surface area contributed by atoms with E-state index < -0.39 is 15.4 Å². The second-order valence-corrected chi connectivity index (χ2v) is 13.9. The molecule has 0 spiro atoms. The molecule has 5 saturated carbocycles. The van der Waals surface area contributed by atoms with Crippen LogP contribution in [0.25, 0.3) is 11.1 Å². The van der Waals surface area contributed by atoms with Gasteiger partial charge in [-0.05, 0) is 92.5 Å². The van der Waals surface area contributed by atoms with Crippen molar-refractivity contribution < 1.29 is 22.4 Å². The van der Waals surface area contributed by atoms with Gasteiger partial charge in [-0.2, -0.15) is 4.31 Å². The third kappa shape index (κ3) is 4.52. The standard InChI is InChI=1S/C28H31ClFN3O4S/c29-24-11-22(7-8-23(24)17-1-3-20(30)4-2-17)38(36,37)33(21-5-6-21)15-25(34)32-26-18-9-16-10-19(26)14-28(12-16,13-18)27(31)35/h1-4,7-8,11,16,18-19,21,26H,5-6,9-10,12-15H2,(H2,31,35)(H,32,34). The number of nitrogens with zero attached hydrogens (tertiary/aromatic N) is 1. The zero-order valence-corrected chi connectivity index (χ0v) is 22.5. The maximum Gasteiger partial charge on any atom is 0.243 e. The molecule has 0 heterocycles. The van der Waals surface area contributed by atoms with Gasteiger partial charge >= 0.3 is 0 Å². The highest BCUT2D eigenvalue weighted by Gasteiger charge is 2.58. The summed E-state index contributed by atoms with van der Waals surface area (Å²) in [6.45, 7) is -0.259. The van der Waals surface area contributed by atoms with E-state index in [1.54, 1.807) is 18.2 Å². The van der Waals surface area contributed by atoms with Gasteiger partial charge in [-0.25, -0.2) is 12.8 Å². The first-order valence-corrected chi connectivity index (χ1v) is 15.0. The minimum absolute atomic E-state index is 0.0195. The van der Waals surface area contributed by atoms with Crippen LogP contribution >= 0.6 is 11.6 Å². The summed E-state index contributed by atoms with van der Waals surface area (Å²) in [7, 11) is -3.98. The number of benzene rings is 2. The lowest BCUT2D eigenvalue weighted by molar-refractivity contribution is -0.147. The van der Waals surface area contributed by atoms with Gasteiger partial charge in [-0.1, -0.05) is 29.8 Å². The number of nitrogens with one attached hydrogen (secondary N) is 1. The molecule has 7 nitrogen and oxygen atoms in total. The van der Waals surface area contributed by atoms with Crippen LogP contribution in [0, 0.1) is 29.0 Å². The van der Waals surface area contributed by atoms with E-state index in [9.17, 15) is 22.4 Å². The van der Waals surface area contributed by atoms with Crippen LogP contribution in [0.5, 0.6) is 0 Å².